The third-order valence-electron chi connectivity index (χ3n) is 4.65. The van der Waals surface area contributed by atoms with Crippen LogP contribution in [-0.4, -0.2) is 14.8 Å². The van der Waals surface area contributed by atoms with Gasteiger partial charge < -0.3 is 4.57 Å². The molecule has 1 aliphatic heterocycles. The van der Waals surface area contributed by atoms with Crippen molar-refractivity contribution in [3.05, 3.63) is 88.3 Å². The standard InChI is InChI=1S/C22H17FN2OS2/c1-14-12-16(15(2)24(14)19-10-8-17(23)9-11-19)13-20-21(26)25(22(27)28-20)18-6-4-3-5-7-18/h3-13H,1-2H3/b20-13+. The third-order valence-corrected chi connectivity index (χ3v) is 5.95. The highest BCUT2D eigenvalue weighted by Crippen LogP contribution is 2.36. The van der Waals surface area contributed by atoms with Crippen molar-refractivity contribution in [3.63, 3.8) is 0 Å². The molecular weight excluding hydrogens is 391 g/mol. The Morgan fingerprint density at radius 3 is 2.36 bits per heavy atom. The normalized spacial score (nSPS) is 15.7. The van der Waals surface area contributed by atoms with Crippen molar-refractivity contribution in [2.24, 2.45) is 0 Å². The molecule has 0 N–H and O–H groups in total. The number of benzene rings is 2. The summed E-state index contributed by atoms with van der Waals surface area (Å²) in [5, 5.41) is 0. The third kappa shape index (κ3) is 3.30. The van der Waals surface area contributed by atoms with Crippen LogP contribution >= 0.6 is 24.0 Å². The van der Waals surface area contributed by atoms with Crippen LogP contribution in [0.5, 0.6) is 0 Å². The summed E-state index contributed by atoms with van der Waals surface area (Å²) >= 11 is 6.74. The molecule has 6 heteroatoms. The van der Waals surface area contributed by atoms with E-state index in [1.165, 1.54) is 23.9 Å². The van der Waals surface area contributed by atoms with Gasteiger partial charge >= 0.3 is 0 Å². The average Bonchev–Trinajstić information content (AvgIpc) is 3.12. The van der Waals surface area contributed by atoms with Crippen LogP contribution in [-0.2, 0) is 4.79 Å². The summed E-state index contributed by atoms with van der Waals surface area (Å²) < 4.78 is 15.8. The molecule has 2 heterocycles. The number of carbonyl (C=O) groups excluding carboxylic acids is 1. The zero-order valence-corrected chi connectivity index (χ0v) is 17.0. The largest absolute Gasteiger partial charge is 0.318 e. The molecule has 0 atom stereocenters. The van der Waals surface area contributed by atoms with Crippen LogP contribution in [0.1, 0.15) is 17.0 Å². The second-order valence-electron chi connectivity index (χ2n) is 6.49. The van der Waals surface area contributed by atoms with Gasteiger partial charge in [-0.3, -0.25) is 9.69 Å². The summed E-state index contributed by atoms with van der Waals surface area (Å²) in [4.78, 5) is 15.1. The van der Waals surface area contributed by atoms with Gasteiger partial charge in [-0.05, 0) is 68.0 Å². The number of para-hydroxylation sites is 1. The van der Waals surface area contributed by atoms with Crippen LogP contribution in [0.4, 0.5) is 10.1 Å². The number of aryl methyl sites for hydroxylation is 1. The molecule has 3 nitrogen and oxygen atoms in total. The van der Waals surface area contributed by atoms with E-state index in [1.54, 1.807) is 17.0 Å². The quantitative estimate of drug-likeness (QED) is 0.414. The fourth-order valence-electron chi connectivity index (χ4n) is 3.33. The SMILES string of the molecule is Cc1cc(/C=C2/SC(=S)N(c3ccccc3)C2=O)c(C)n1-c1ccc(F)cc1. The molecule has 0 spiro atoms. The summed E-state index contributed by atoms with van der Waals surface area (Å²) in [5.41, 5.74) is 4.58. The first-order chi connectivity index (χ1) is 13.5. The Morgan fingerprint density at radius 1 is 1.00 bits per heavy atom. The maximum atomic E-state index is 13.3. The molecule has 0 saturated carbocycles. The molecule has 0 bridgehead atoms. The zero-order chi connectivity index (χ0) is 19.8. The first-order valence-corrected chi connectivity index (χ1v) is 9.96. The first-order valence-electron chi connectivity index (χ1n) is 8.73. The lowest BCUT2D eigenvalue weighted by atomic mass is 10.2. The number of amides is 1. The minimum atomic E-state index is -0.268. The van der Waals surface area contributed by atoms with Gasteiger partial charge in [0.15, 0.2) is 4.32 Å². The summed E-state index contributed by atoms with van der Waals surface area (Å²) in [7, 11) is 0. The molecule has 1 saturated heterocycles. The van der Waals surface area contributed by atoms with Crippen molar-refractivity contribution in [3.8, 4) is 5.69 Å². The van der Waals surface area contributed by atoms with Crippen molar-refractivity contribution in [1.29, 1.82) is 0 Å². The Morgan fingerprint density at radius 2 is 1.68 bits per heavy atom. The smallest absolute Gasteiger partial charge is 0.270 e. The van der Waals surface area contributed by atoms with Crippen molar-refractivity contribution < 1.29 is 9.18 Å². The molecule has 1 amide bonds. The minimum absolute atomic E-state index is 0.118. The maximum absolute atomic E-state index is 13.3. The van der Waals surface area contributed by atoms with Crippen LogP contribution in [0.2, 0.25) is 0 Å². The number of nitrogens with zero attached hydrogens (tertiary/aromatic N) is 2. The minimum Gasteiger partial charge on any atom is -0.318 e. The summed E-state index contributed by atoms with van der Waals surface area (Å²) in [6.07, 6.45) is 1.88. The lowest BCUT2D eigenvalue weighted by Gasteiger charge is -2.13. The topological polar surface area (TPSA) is 25.2 Å². The van der Waals surface area contributed by atoms with Crippen molar-refractivity contribution in [2.45, 2.75) is 13.8 Å². The molecule has 1 aromatic heterocycles. The zero-order valence-electron chi connectivity index (χ0n) is 15.3. The molecule has 1 fully saturated rings. The van der Waals surface area contributed by atoms with Gasteiger partial charge in [0.1, 0.15) is 5.82 Å². The number of carbonyl (C=O) groups is 1. The van der Waals surface area contributed by atoms with Gasteiger partial charge in [-0.25, -0.2) is 4.39 Å². The van der Waals surface area contributed by atoms with Gasteiger partial charge in [0.05, 0.1) is 10.6 Å². The average molecular weight is 409 g/mol. The molecule has 3 aromatic rings. The van der Waals surface area contributed by atoms with E-state index < -0.39 is 0 Å². The number of rotatable bonds is 3. The van der Waals surface area contributed by atoms with Crippen molar-refractivity contribution >= 4 is 46.0 Å². The predicted molar refractivity (Wildman–Crippen MR) is 117 cm³/mol. The molecule has 4 rings (SSSR count). The van der Waals surface area contributed by atoms with Crippen molar-refractivity contribution in [1.82, 2.24) is 4.57 Å². The molecule has 28 heavy (non-hydrogen) atoms. The number of thioether (sulfide) groups is 1. The van der Waals surface area contributed by atoms with E-state index in [9.17, 15) is 9.18 Å². The van der Waals surface area contributed by atoms with Gasteiger partial charge in [-0.1, -0.05) is 42.2 Å². The number of aromatic nitrogens is 1. The molecule has 0 aliphatic carbocycles. The van der Waals surface area contributed by atoms with Crippen LogP contribution in [0, 0.1) is 19.7 Å². The highest BCUT2D eigenvalue weighted by Gasteiger charge is 2.33. The van der Waals surface area contributed by atoms with Crippen LogP contribution in [0.15, 0.2) is 65.6 Å². The number of hydrogen-bond donors (Lipinski definition) is 0. The Kier molecular flexibility index (Phi) is 4.91. The van der Waals surface area contributed by atoms with Gasteiger partial charge in [-0.15, -0.1) is 0 Å². The van der Waals surface area contributed by atoms with Gasteiger partial charge in [-0.2, -0.15) is 0 Å². The van der Waals surface area contributed by atoms with E-state index in [0.29, 0.717) is 9.23 Å². The Bertz CT molecular complexity index is 1100. The lowest BCUT2D eigenvalue weighted by Crippen LogP contribution is -2.27. The summed E-state index contributed by atoms with van der Waals surface area (Å²) in [5.74, 6) is -0.385. The Balaban J connectivity index is 1.70. The second-order valence-corrected chi connectivity index (χ2v) is 8.17. The monoisotopic (exact) mass is 408 g/mol. The number of hydrogen-bond acceptors (Lipinski definition) is 3. The molecule has 0 radical (unpaired) electrons. The van der Waals surface area contributed by atoms with Gasteiger partial charge in [0.2, 0.25) is 0 Å². The van der Waals surface area contributed by atoms with E-state index in [4.69, 9.17) is 12.2 Å². The Labute approximate surface area is 172 Å². The summed E-state index contributed by atoms with van der Waals surface area (Å²) in [6.45, 7) is 3.98. The van der Waals surface area contributed by atoms with Crippen LogP contribution in [0.3, 0.4) is 0 Å². The Hall–Kier alpha value is -2.70. The van der Waals surface area contributed by atoms with Crippen LogP contribution < -0.4 is 4.90 Å². The fourth-order valence-corrected chi connectivity index (χ4v) is 4.62. The predicted octanol–water partition coefficient (Wildman–Crippen LogP) is 5.64. The molecule has 0 unspecified atom stereocenters. The van der Waals surface area contributed by atoms with Crippen molar-refractivity contribution in [2.75, 3.05) is 4.90 Å². The molecule has 140 valence electrons. The number of halogens is 1. The molecular formula is C22H17FN2OS2. The first kappa shape index (κ1) is 18.7. The van der Waals surface area contributed by atoms with Gasteiger partial charge in [0, 0.05) is 17.1 Å². The van der Waals surface area contributed by atoms with E-state index in [-0.39, 0.29) is 11.7 Å². The summed E-state index contributed by atoms with van der Waals surface area (Å²) in [6, 6.07) is 17.8. The highest BCUT2D eigenvalue weighted by molar-refractivity contribution is 8.27. The van der Waals surface area contributed by atoms with Crippen LogP contribution in [0.25, 0.3) is 11.8 Å². The van der Waals surface area contributed by atoms with Gasteiger partial charge in [0.25, 0.3) is 5.91 Å². The van der Waals surface area contributed by atoms with E-state index in [2.05, 4.69) is 0 Å². The second kappa shape index (κ2) is 7.37. The number of anilines is 1. The lowest BCUT2D eigenvalue weighted by molar-refractivity contribution is -0.113. The van der Waals surface area contributed by atoms with E-state index >= 15 is 0 Å². The highest BCUT2D eigenvalue weighted by atomic mass is 32.2. The van der Waals surface area contributed by atoms with E-state index in [1.807, 2.05) is 60.9 Å². The fraction of sp³-hybridized carbons (Fsp3) is 0.0909. The number of thiocarbonyl (C=S) groups is 1. The van der Waals surface area contributed by atoms with E-state index in [0.717, 1.165) is 28.3 Å². The molecule has 1 aliphatic rings. The maximum Gasteiger partial charge on any atom is 0.270 e. The molecule has 2 aromatic carbocycles.